The lowest BCUT2D eigenvalue weighted by Gasteiger charge is -2.25. The summed E-state index contributed by atoms with van der Waals surface area (Å²) in [4.78, 5) is 13.6. The molecule has 0 aromatic heterocycles. The minimum atomic E-state index is 0.128. The van der Waals surface area contributed by atoms with Crippen LogP contribution in [0.2, 0.25) is 0 Å². The molecule has 0 bridgehead atoms. The van der Waals surface area contributed by atoms with E-state index in [1.54, 1.807) is 0 Å². The van der Waals surface area contributed by atoms with Crippen molar-refractivity contribution in [3.8, 4) is 0 Å². The molecule has 2 atom stereocenters. The first kappa shape index (κ1) is 11.5. The summed E-state index contributed by atoms with van der Waals surface area (Å²) in [5, 5.41) is 0. The molecule has 3 heteroatoms. The van der Waals surface area contributed by atoms with Crippen molar-refractivity contribution in [2.75, 3.05) is 7.05 Å². The molecule has 1 rings (SSSR count). The highest BCUT2D eigenvalue weighted by molar-refractivity contribution is 5.76. The molecule has 0 aliphatic heterocycles. The predicted molar refractivity (Wildman–Crippen MR) is 57.8 cm³/mol. The highest BCUT2D eigenvalue weighted by Crippen LogP contribution is 2.34. The van der Waals surface area contributed by atoms with E-state index in [-0.39, 0.29) is 11.9 Å². The molecule has 0 heterocycles. The molecule has 1 saturated carbocycles. The van der Waals surface area contributed by atoms with Crippen molar-refractivity contribution in [1.29, 1.82) is 0 Å². The van der Waals surface area contributed by atoms with Crippen LogP contribution in [0.4, 0.5) is 0 Å². The Morgan fingerprint density at radius 2 is 2.07 bits per heavy atom. The smallest absolute Gasteiger partial charge is 0.222 e. The van der Waals surface area contributed by atoms with Gasteiger partial charge in [-0.1, -0.05) is 0 Å². The van der Waals surface area contributed by atoms with Crippen molar-refractivity contribution < 1.29 is 4.79 Å². The average molecular weight is 198 g/mol. The van der Waals surface area contributed by atoms with Gasteiger partial charge in [0.25, 0.3) is 0 Å². The molecule has 2 N–H and O–H groups in total. The van der Waals surface area contributed by atoms with Crippen LogP contribution in [-0.4, -0.2) is 29.9 Å². The van der Waals surface area contributed by atoms with E-state index in [1.807, 2.05) is 18.9 Å². The van der Waals surface area contributed by atoms with Crippen molar-refractivity contribution in [1.82, 2.24) is 4.90 Å². The van der Waals surface area contributed by atoms with Gasteiger partial charge in [0.1, 0.15) is 0 Å². The number of hydrogen-bond donors (Lipinski definition) is 1. The summed E-state index contributed by atoms with van der Waals surface area (Å²) in [6.07, 6.45) is 3.95. The molecule has 0 aromatic rings. The summed E-state index contributed by atoms with van der Waals surface area (Å²) >= 11 is 0. The zero-order chi connectivity index (χ0) is 10.7. The molecule has 1 amide bonds. The average Bonchev–Trinajstić information content (AvgIpc) is 2.94. The minimum absolute atomic E-state index is 0.128. The summed E-state index contributed by atoms with van der Waals surface area (Å²) in [7, 11) is 1.91. The van der Waals surface area contributed by atoms with Crippen molar-refractivity contribution in [3.05, 3.63) is 0 Å². The SMILES string of the molecule is CC(N)CCC(=O)N(C)C(C)C1CC1. The van der Waals surface area contributed by atoms with Crippen LogP contribution in [0.1, 0.15) is 39.5 Å². The first-order valence-corrected chi connectivity index (χ1v) is 5.53. The number of amides is 1. The van der Waals surface area contributed by atoms with Crippen LogP contribution < -0.4 is 5.73 Å². The van der Waals surface area contributed by atoms with Gasteiger partial charge in [-0.25, -0.2) is 0 Å². The Balaban J connectivity index is 2.27. The largest absolute Gasteiger partial charge is 0.343 e. The van der Waals surface area contributed by atoms with Crippen molar-refractivity contribution in [2.45, 2.75) is 51.6 Å². The fraction of sp³-hybridized carbons (Fsp3) is 0.909. The van der Waals surface area contributed by atoms with Gasteiger partial charge in [0.2, 0.25) is 5.91 Å². The van der Waals surface area contributed by atoms with Gasteiger partial charge in [0.05, 0.1) is 0 Å². The number of hydrogen-bond acceptors (Lipinski definition) is 2. The van der Waals surface area contributed by atoms with Gasteiger partial charge in [-0.05, 0) is 39.0 Å². The second-order valence-electron chi connectivity index (χ2n) is 4.60. The number of carbonyl (C=O) groups excluding carboxylic acids is 1. The first-order valence-electron chi connectivity index (χ1n) is 5.53. The molecular formula is C11H22N2O. The molecule has 0 radical (unpaired) electrons. The third-order valence-electron chi connectivity index (χ3n) is 3.12. The zero-order valence-corrected chi connectivity index (χ0v) is 9.49. The standard InChI is InChI=1S/C11H22N2O/c1-8(12)4-7-11(14)13(3)9(2)10-5-6-10/h8-10H,4-7,12H2,1-3H3. The number of nitrogens with two attached hydrogens (primary N) is 1. The molecule has 0 saturated heterocycles. The minimum Gasteiger partial charge on any atom is -0.343 e. The number of rotatable bonds is 5. The molecule has 0 spiro atoms. The van der Waals surface area contributed by atoms with Gasteiger partial charge >= 0.3 is 0 Å². The Morgan fingerprint density at radius 1 is 1.50 bits per heavy atom. The van der Waals surface area contributed by atoms with Crippen molar-refractivity contribution in [2.24, 2.45) is 11.7 Å². The van der Waals surface area contributed by atoms with Gasteiger partial charge < -0.3 is 10.6 Å². The van der Waals surface area contributed by atoms with Crippen LogP contribution in [0.5, 0.6) is 0 Å². The number of carbonyl (C=O) groups is 1. The molecule has 14 heavy (non-hydrogen) atoms. The Kier molecular flexibility index (Phi) is 3.93. The van der Waals surface area contributed by atoms with Gasteiger partial charge in [0.15, 0.2) is 0 Å². The van der Waals surface area contributed by atoms with Crippen LogP contribution in [0.25, 0.3) is 0 Å². The van der Waals surface area contributed by atoms with Crippen LogP contribution in [-0.2, 0) is 4.79 Å². The van der Waals surface area contributed by atoms with E-state index in [2.05, 4.69) is 6.92 Å². The maximum Gasteiger partial charge on any atom is 0.222 e. The van der Waals surface area contributed by atoms with E-state index >= 15 is 0 Å². The van der Waals surface area contributed by atoms with Crippen molar-refractivity contribution in [3.63, 3.8) is 0 Å². The molecule has 3 nitrogen and oxygen atoms in total. The van der Waals surface area contributed by atoms with E-state index in [4.69, 9.17) is 5.73 Å². The molecule has 1 fully saturated rings. The van der Waals surface area contributed by atoms with Gasteiger partial charge in [-0.15, -0.1) is 0 Å². The Morgan fingerprint density at radius 3 is 2.50 bits per heavy atom. The second-order valence-corrected chi connectivity index (χ2v) is 4.60. The Hall–Kier alpha value is -0.570. The van der Waals surface area contributed by atoms with Crippen LogP contribution in [0.3, 0.4) is 0 Å². The molecular weight excluding hydrogens is 176 g/mol. The van der Waals surface area contributed by atoms with E-state index in [9.17, 15) is 4.79 Å². The lowest BCUT2D eigenvalue weighted by Crippen LogP contribution is -2.36. The molecule has 2 unspecified atom stereocenters. The Bertz CT molecular complexity index is 199. The third-order valence-corrected chi connectivity index (χ3v) is 3.12. The van der Waals surface area contributed by atoms with Gasteiger partial charge in [0, 0.05) is 25.6 Å². The normalized spacial score (nSPS) is 20.3. The van der Waals surface area contributed by atoms with Crippen LogP contribution >= 0.6 is 0 Å². The summed E-state index contributed by atoms with van der Waals surface area (Å²) in [5.74, 6) is 0.987. The van der Waals surface area contributed by atoms with E-state index in [0.717, 1.165) is 12.3 Å². The van der Waals surface area contributed by atoms with E-state index in [1.165, 1.54) is 12.8 Å². The molecule has 1 aliphatic rings. The summed E-state index contributed by atoms with van der Waals surface area (Å²) in [6.45, 7) is 4.08. The quantitative estimate of drug-likeness (QED) is 0.725. The van der Waals surface area contributed by atoms with E-state index in [0.29, 0.717) is 12.5 Å². The summed E-state index contributed by atoms with van der Waals surface area (Å²) in [6, 6.07) is 0.541. The fourth-order valence-corrected chi connectivity index (χ4v) is 1.65. The lowest BCUT2D eigenvalue weighted by molar-refractivity contribution is -0.132. The first-order chi connectivity index (χ1) is 6.52. The molecule has 0 aromatic carbocycles. The van der Waals surface area contributed by atoms with Crippen LogP contribution in [0.15, 0.2) is 0 Å². The summed E-state index contributed by atoms with van der Waals surface area (Å²) < 4.78 is 0. The maximum atomic E-state index is 11.7. The lowest BCUT2D eigenvalue weighted by atomic mass is 10.1. The third kappa shape index (κ3) is 3.29. The molecule has 82 valence electrons. The van der Waals surface area contributed by atoms with E-state index < -0.39 is 0 Å². The maximum absolute atomic E-state index is 11.7. The Labute approximate surface area is 86.6 Å². The van der Waals surface area contributed by atoms with Gasteiger partial charge in [-0.2, -0.15) is 0 Å². The highest BCUT2D eigenvalue weighted by atomic mass is 16.2. The fourth-order valence-electron chi connectivity index (χ4n) is 1.65. The monoisotopic (exact) mass is 198 g/mol. The summed E-state index contributed by atoms with van der Waals surface area (Å²) in [5.41, 5.74) is 5.62. The predicted octanol–water partition coefficient (Wildman–Crippen LogP) is 1.37. The highest BCUT2D eigenvalue weighted by Gasteiger charge is 2.32. The second kappa shape index (κ2) is 4.78. The van der Waals surface area contributed by atoms with Gasteiger partial charge in [-0.3, -0.25) is 4.79 Å². The molecule has 1 aliphatic carbocycles. The van der Waals surface area contributed by atoms with Crippen molar-refractivity contribution >= 4 is 5.91 Å². The zero-order valence-electron chi connectivity index (χ0n) is 9.49. The number of nitrogens with zero attached hydrogens (tertiary/aromatic N) is 1. The van der Waals surface area contributed by atoms with Crippen LogP contribution in [0, 0.1) is 5.92 Å². The topological polar surface area (TPSA) is 46.3 Å².